The number of ether oxygens (including phenoxy) is 1. The Labute approximate surface area is 193 Å². The molecule has 32 heavy (non-hydrogen) atoms. The monoisotopic (exact) mass is 481 g/mol. The third kappa shape index (κ3) is 6.99. The predicted octanol–water partition coefficient (Wildman–Crippen LogP) is 2.12. The SMILES string of the molecule is CC(C)C[C@H](NC(=O)c1cc2ccccc2s1)C(=O)NC[C@H]1OCC[C@@H]1CNS(C)(=O)=O. The van der Waals surface area contributed by atoms with Gasteiger partial charge in [0.25, 0.3) is 5.91 Å². The smallest absolute Gasteiger partial charge is 0.262 e. The fourth-order valence-electron chi connectivity index (χ4n) is 3.76. The van der Waals surface area contributed by atoms with E-state index in [2.05, 4.69) is 15.4 Å². The Hall–Kier alpha value is -2.01. The van der Waals surface area contributed by atoms with Crippen molar-refractivity contribution in [3.8, 4) is 0 Å². The van der Waals surface area contributed by atoms with E-state index in [1.54, 1.807) is 0 Å². The van der Waals surface area contributed by atoms with Gasteiger partial charge in [0.15, 0.2) is 0 Å². The summed E-state index contributed by atoms with van der Waals surface area (Å²) in [5.41, 5.74) is 0. The van der Waals surface area contributed by atoms with E-state index in [0.29, 0.717) is 17.9 Å². The van der Waals surface area contributed by atoms with Gasteiger partial charge in [-0.15, -0.1) is 11.3 Å². The molecule has 0 saturated carbocycles. The highest BCUT2D eigenvalue weighted by atomic mass is 32.2. The van der Waals surface area contributed by atoms with Crippen LogP contribution in [0.2, 0.25) is 0 Å². The zero-order valence-electron chi connectivity index (χ0n) is 18.6. The fraction of sp³-hybridized carbons (Fsp3) is 0.545. The number of sulfonamides is 1. The Bertz CT molecular complexity index is 1020. The fourth-order valence-corrected chi connectivity index (χ4v) is 5.24. The van der Waals surface area contributed by atoms with Crippen LogP contribution in [-0.4, -0.2) is 58.3 Å². The Balaban J connectivity index is 1.59. The summed E-state index contributed by atoms with van der Waals surface area (Å²) in [6, 6.07) is 8.95. The van der Waals surface area contributed by atoms with Gasteiger partial charge in [0, 0.05) is 30.3 Å². The molecule has 1 saturated heterocycles. The van der Waals surface area contributed by atoms with Crippen molar-refractivity contribution in [2.45, 2.75) is 38.8 Å². The van der Waals surface area contributed by atoms with Crippen LogP contribution >= 0.6 is 11.3 Å². The van der Waals surface area contributed by atoms with E-state index >= 15 is 0 Å². The zero-order chi connectivity index (χ0) is 23.3. The lowest BCUT2D eigenvalue weighted by molar-refractivity contribution is -0.124. The number of hydrogen-bond acceptors (Lipinski definition) is 6. The molecule has 1 aliphatic heterocycles. The van der Waals surface area contributed by atoms with Gasteiger partial charge in [0.2, 0.25) is 15.9 Å². The minimum Gasteiger partial charge on any atom is -0.376 e. The minimum absolute atomic E-state index is 0.0123. The van der Waals surface area contributed by atoms with Crippen molar-refractivity contribution < 1.29 is 22.7 Å². The van der Waals surface area contributed by atoms with Gasteiger partial charge in [-0.25, -0.2) is 13.1 Å². The molecule has 0 aliphatic carbocycles. The Morgan fingerprint density at radius 3 is 2.66 bits per heavy atom. The largest absolute Gasteiger partial charge is 0.376 e. The van der Waals surface area contributed by atoms with Crippen LogP contribution in [0.15, 0.2) is 30.3 Å². The molecule has 176 valence electrons. The Morgan fingerprint density at radius 1 is 1.22 bits per heavy atom. The van der Waals surface area contributed by atoms with E-state index in [-0.39, 0.29) is 42.8 Å². The lowest BCUT2D eigenvalue weighted by atomic mass is 10.0. The summed E-state index contributed by atoms with van der Waals surface area (Å²) in [6.07, 6.45) is 2.08. The summed E-state index contributed by atoms with van der Waals surface area (Å²) in [4.78, 5) is 26.3. The number of fused-ring (bicyclic) bond motifs is 1. The number of nitrogens with one attached hydrogen (secondary N) is 3. The molecule has 2 heterocycles. The first-order valence-corrected chi connectivity index (χ1v) is 13.5. The van der Waals surface area contributed by atoms with Gasteiger partial charge in [-0.1, -0.05) is 32.0 Å². The lowest BCUT2D eigenvalue weighted by Crippen LogP contribution is -2.49. The number of amides is 2. The second-order valence-electron chi connectivity index (χ2n) is 8.63. The third-order valence-corrected chi connectivity index (χ3v) is 7.22. The standard InChI is InChI=1S/C22H31N3O5S2/c1-14(2)10-17(25-22(27)20-11-15-6-4-5-7-19(15)31-20)21(26)23-13-18-16(8-9-30-18)12-24-32(3,28)29/h4-7,11,14,16-18,24H,8-10,12-13H2,1-3H3,(H,23,26)(H,25,27)/t16-,17+,18-/m1/s1. The molecular formula is C22H31N3O5S2. The number of rotatable bonds is 10. The molecule has 1 aliphatic rings. The number of carbonyl (C=O) groups excluding carboxylic acids is 2. The minimum atomic E-state index is -3.28. The highest BCUT2D eigenvalue weighted by molar-refractivity contribution is 7.88. The highest BCUT2D eigenvalue weighted by Crippen LogP contribution is 2.25. The van der Waals surface area contributed by atoms with Crippen LogP contribution in [0, 0.1) is 11.8 Å². The molecule has 3 atom stereocenters. The van der Waals surface area contributed by atoms with E-state index < -0.39 is 16.1 Å². The summed E-state index contributed by atoms with van der Waals surface area (Å²) in [5.74, 6) is -0.331. The maximum atomic E-state index is 12.9. The van der Waals surface area contributed by atoms with Crippen molar-refractivity contribution in [3.05, 3.63) is 35.2 Å². The third-order valence-electron chi connectivity index (χ3n) is 5.41. The number of thiophene rings is 1. The van der Waals surface area contributed by atoms with Crippen LogP contribution in [0.4, 0.5) is 0 Å². The van der Waals surface area contributed by atoms with E-state index in [9.17, 15) is 18.0 Å². The molecule has 2 aromatic rings. The molecule has 0 radical (unpaired) electrons. The quantitative estimate of drug-likeness (QED) is 0.481. The molecule has 1 fully saturated rings. The zero-order valence-corrected chi connectivity index (χ0v) is 20.2. The Kier molecular flexibility index (Phi) is 8.26. The predicted molar refractivity (Wildman–Crippen MR) is 126 cm³/mol. The summed E-state index contributed by atoms with van der Waals surface area (Å²) in [6.45, 7) is 5.06. The van der Waals surface area contributed by atoms with Gasteiger partial charge in [0.1, 0.15) is 6.04 Å². The summed E-state index contributed by atoms with van der Waals surface area (Å²) < 4.78 is 32.0. The maximum Gasteiger partial charge on any atom is 0.262 e. The molecule has 0 bridgehead atoms. The first-order chi connectivity index (χ1) is 15.1. The molecule has 3 N–H and O–H groups in total. The average Bonchev–Trinajstić information content (AvgIpc) is 3.35. The molecular weight excluding hydrogens is 450 g/mol. The number of hydrogen-bond donors (Lipinski definition) is 3. The van der Waals surface area contributed by atoms with Crippen molar-refractivity contribution in [2.75, 3.05) is 26.0 Å². The number of benzene rings is 1. The first kappa shape index (κ1) is 24.6. The van der Waals surface area contributed by atoms with Crippen molar-refractivity contribution in [1.29, 1.82) is 0 Å². The summed E-state index contributed by atoms with van der Waals surface area (Å²) >= 11 is 1.40. The maximum absolute atomic E-state index is 12.9. The van der Waals surface area contributed by atoms with Gasteiger partial charge < -0.3 is 15.4 Å². The van der Waals surface area contributed by atoms with Crippen molar-refractivity contribution in [1.82, 2.24) is 15.4 Å². The lowest BCUT2D eigenvalue weighted by Gasteiger charge is -2.23. The van der Waals surface area contributed by atoms with Crippen molar-refractivity contribution >= 4 is 43.3 Å². The average molecular weight is 482 g/mol. The van der Waals surface area contributed by atoms with Gasteiger partial charge in [0.05, 0.1) is 17.2 Å². The molecule has 3 rings (SSSR count). The second-order valence-corrected chi connectivity index (χ2v) is 11.5. The molecule has 8 nitrogen and oxygen atoms in total. The Morgan fingerprint density at radius 2 is 1.97 bits per heavy atom. The molecule has 10 heteroatoms. The molecule has 1 aromatic carbocycles. The van der Waals surface area contributed by atoms with E-state index in [1.165, 1.54) is 11.3 Å². The van der Waals surface area contributed by atoms with Crippen LogP contribution in [0.5, 0.6) is 0 Å². The van der Waals surface area contributed by atoms with Crippen LogP contribution in [-0.2, 0) is 19.6 Å². The highest BCUT2D eigenvalue weighted by Gasteiger charge is 2.30. The topological polar surface area (TPSA) is 114 Å². The first-order valence-electron chi connectivity index (χ1n) is 10.8. The van der Waals surface area contributed by atoms with Crippen LogP contribution in [0.3, 0.4) is 0 Å². The van der Waals surface area contributed by atoms with Gasteiger partial charge >= 0.3 is 0 Å². The number of carbonyl (C=O) groups is 2. The van der Waals surface area contributed by atoms with E-state index in [4.69, 9.17) is 4.74 Å². The second kappa shape index (κ2) is 10.7. The molecule has 0 unspecified atom stereocenters. The van der Waals surface area contributed by atoms with Crippen LogP contribution in [0.1, 0.15) is 36.4 Å². The molecule has 2 amide bonds. The van der Waals surface area contributed by atoms with Gasteiger partial charge in [-0.2, -0.15) is 0 Å². The van der Waals surface area contributed by atoms with Crippen LogP contribution in [0.25, 0.3) is 10.1 Å². The van der Waals surface area contributed by atoms with Crippen molar-refractivity contribution in [3.63, 3.8) is 0 Å². The van der Waals surface area contributed by atoms with E-state index in [1.807, 2.05) is 44.2 Å². The summed E-state index contributed by atoms with van der Waals surface area (Å²) in [5, 5.41) is 6.77. The van der Waals surface area contributed by atoms with E-state index in [0.717, 1.165) is 22.8 Å². The molecule has 0 spiro atoms. The van der Waals surface area contributed by atoms with Gasteiger partial charge in [-0.05, 0) is 36.3 Å². The molecule has 1 aromatic heterocycles. The normalized spacial score (nSPS) is 19.9. The van der Waals surface area contributed by atoms with Crippen LogP contribution < -0.4 is 15.4 Å². The van der Waals surface area contributed by atoms with Gasteiger partial charge in [-0.3, -0.25) is 9.59 Å². The van der Waals surface area contributed by atoms with Crippen molar-refractivity contribution in [2.24, 2.45) is 11.8 Å². The summed E-state index contributed by atoms with van der Waals surface area (Å²) in [7, 11) is -3.28.